The monoisotopic (exact) mass is 340 g/mol. The molecule has 0 radical (unpaired) electrons. The number of nitrogens with one attached hydrogen (secondary N) is 1. The zero-order valence-corrected chi connectivity index (χ0v) is 14.7. The quantitative estimate of drug-likeness (QED) is 0.908. The molecule has 1 N–H and O–H groups in total. The third-order valence-corrected chi connectivity index (χ3v) is 5.88. The van der Waals surface area contributed by atoms with Gasteiger partial charge in [0, 0.05) is 23.6 Å². The van der Waals surface area contributed by atoms with Crippen LogP contribution in [-0.2, 0) is 4.74 Å². The predicted molar refractivity (Wildman–Crippen MR) is 93.7 cm³/mol. The molecular formula is C19H24N4O2. The Labute approximate surface area is 147 Å². The van der Waals surface area contributed by atoms with Gasteiger partial charge in [0.15, 0.2) is 0 Å². The minimum absolute atomic E-state index is 0.00821. The van der Waals surface area contributed by atoms with Crippen LogP contribution in [0.3, 0.4) is 0 Å². The summed E-state index contributed by atoms with van der Waals surface area (Å²) < 4.78 is 7.56. The number of amides is 1. The summed E-state index contributed by atoms with van der Waals surface area (Å²) in [7, 11) is 0. The summed E-state index contributed by atoms with van der Waals surface area (Å²) in [6.07, 6.45) is 7.94. The fourth-order valence-electron chi connectivity index (χ4n) is 4.26. The first-order chi connectivity index (χ1) is 12.1. The Balaban J connectivity index is 1.47. The number of carbonyl (C=O) groups excluding carboxylic acids is 1. The molecule has 2 fully saturated rings. The van der Waals surface area contributed by atoms with E-state index < -0.39 is 0 Å². The molecule has 4 rings (SSSR count). The molecular weight excluding hydrogens is 316 g/mol. The number of hydrogen-bond acceptors (Lipinski definition) is 4. The Morgan fingerprint density at radius 1 is 1.44 bits per heavy atom. The molecule has 6 heteroatoms. The maximum Gasteiger partial charge on any atom is 0.251 e. The van der Waals surface area contributed by atoms with Crippen molar-refractivity contribution in [2.45, 2.75) is 51.7 Å². The second kappa shape index (κ2) is 6.26. The van der Waals surface area contributed by atoms with Gasteiger partial charge in [0.05, 0.1) is 11.8 Å². The minimum atomic E-state index is 0.00821. The van der Waals surface area contributed by atoms with E-state index in [-0.39, 0.29) is 17.4 Å². The average Bonchev–Trinajstić information content (AvgIpc) is 3.06. The van der Waals surface area contributed by atoms with Gasteiger partial charge in [-0.05, 0) is 56.9 Å². The number of benzene rings is 1. The van der Waals surface area contributed by atoms with Gasteiger partial charge in [-0.1, -0.05) is 6.42 Å². The molecule has 1 spiro atoms. The first kappa shape index (κ1) is 16.3. The molecule has 2 aliphatic carbocycles. The lowest BCUT2D eigenvalue weighted by atomic mass is 9.51. The zero-order valence-electron chi connectivity index (χ0n) is 14.7. The molecule has 2 aliphatic rings. The Bertz CT molecular complexity index is 768. The summed E-state index contributed by atoms with van der Waals surface area (Å²) in [4.78, 5) is 16.7. The van der Waals surface area contributed by atoms with Gasteiger partial charge in [-0.3, -0.25) is 4.79 Å². The Hall–Kier alpha value is -2.21. The summed E-state index contributed by atoms with van der Waals surface area (Å²) in [6.45, 7) is 4.74. The second-order valence-electron chi connectivity index (χ2n) is 7.13. The first-order valence-electron chi connectivity index (χ1n) is 9.02. The lowest BCUT2D eigenvalue weighted by Crippen LogP contribution is -2.67. The predicted octanol–water partition coefficient (Wildman–Crippen LogP) is 2.65. The highest BCUT2D eigenvalue weighted by atomic mass is 16.5. The Morgan fingerprint density at radius 2 is 2.28 bits per heavy atom. The van der Waals surface area contributed by atoms with Crippen LogP contribution in [0.2, 0.25) is 0 Å². The third-order valence-electron chi connectivity index (χ3n) is 5.88. The summed E-state index contributed by atoms with van der Waals surface area (Å²) >= 11 is 0. The van der Waals surface area contributed by atoms with Crippen LogP contribution in [0.1, 0.15) is 48.5 Å². The average molecular weight is 340 g/mol. The van der Waals surface area contributed by atoms with Crippen LogP contribution in [0.25, 0.3) is 5.69 Å². The van der Waals surface area contributed by atoms with Crippen molar-refractivity contribution in [3.05, 3.63) is 42.0 Å². The molecule has 0 aliphatic heterocycles. The number of aromatic nitrogens is 3. The molecule has 2 atom stereocenters. The van der Waals surface area contributed by atoms with Gasteiger partial charge >= 0.3 is 0 Å². The summed E-state index contributed by atoms with van der Waals surface area (Å²) in [5.74, 6) is 0.00821. The highest BCUT2D eigenvalue weighted by Gasteiger charge is 2.59. The van der Waals surface area contributed by atoms with Gasteiger partial charge in [-0.2, -0.15) is 5.10 Å². The van der Waals surface area contributed by atoms with Gasteiger partial charge in [-0.15, -0.1) is 0 Å². The van der Waals surface area contributed by atoms with Crippen molar-refractivity contribution < 1.29 is 9.53 Å². The lowest BCUT2D eigenvalue weighted by Gasteiger charge is -2.61. The molecule has 0 bridgehead atoms. The van der Waals surface area contributed by atoms with Crippen molar-refractivity contribution in [1.29, 1.82) is 0 Å². The van der Waals surface area contributed by atoms with E-state index in [0.717, 1.165) is 42.7 Å². The largest absolute Gasteiger partial charge is 0.378 e. The van der Waals surface area contributed by atoms with Gasteiger partial charge in [0.2, 0.25) is 0 Å². The topological polar surface area (TPSA) is 69.0 Å². The fraction of sp³-hybridized carbons (Fsp3) is 0.526. The van der Waals surface area contributed by atoms with E-state index in [9.17, 15) is 4.79 Å². The van der Waals surface area contributed by atoms with Crippen LogP contribution in [0, 0.1) is 12.3 Å². The number of ether oxygens (including phenoxy) is 1. The van der Waals surface area contributed by atoms with Crippen molar-refractivity contribution in [2.24, 2.45) is 5.41 Å². The Morgan fingerprint density at radius 3 is 2.88 bits per heavy atom. The number of carbonyl (C=O) groups is 1. The van der Waals surface area contributed by atoms with Crippen LogP contribution in [0.4, 0.5) is 0 Å². The molecule has 1 aromatic heterocycles. The number of nitrogens with zero attached hydrogens (tertiary/aromatic N) is 3. The number of hydrogen-bond donors (Lipinski definition) is 1. The summed E-state index contributed by atoms with van der Waals surface area (Å²) in [5.41, 5.74) is 2.74. The van der Waals surface area contributed by atoms with Gasteiger partial charge in [0.25, 0.3) is 5.91 Å². The normalized spacial score (nSPS) is 23.8. The van der Waals surface area contributed by atoms with Gasteiger partial charge in [0.1, 0.15) is 12.7 Å². The van der Waals surface area contributed by atoms with E-state index >= 15 is 0 Å². The summed E-state index contributed by atoms with van der Waals surface area (Å²) in [5, 5.41) is 7.38. The van der Waals surface area contributed by atoms with E-state index in [1.165, 1.54) is 12.7 Å². The highest BCUT2D eigenvalue weighted by Crippen LogP contribution is 2.57. The fourth-order valence-corrected chi connectivity index (χ4v) is 4.26. The van der Waals surface area contributed by atoms with Crippen molar-refractivity contribution in [3.63, 3.8) is 0 Å². The van der Waals surface area contributed by atoms with E-state index in [2.05, 4.69) is 15.4 Å². The van der Waals surface area contributed by atoms with Crippen LogP contribution >= 0.6 is 0 Å². The molecule has 0 saturated heterocycles. The number of aryl methyl sites for hydroxylation is 1. The van der Waals surface area contributed by atoms with E-state index in [0.29, 0.717) is 6.10 Å². The molecule has 132 valence electrons. The second-order valence-corrected chi connectivity index (χ2v) is 7.13. The molecule has 2 saturated carbocycles. The molecule has 2 aromatic rings. The molecule has 25 heavy (non-hydrogen) atoms. The molecule has 1 aromatic carbocycles. The van der Waals surface area contributed by atoms with Crippen molar-refractivity contribution >= 4 is 5.91 Å². The molecule has 6 nitrogen and oxygen atoms in total. The zero-order chi connectivity index (χ0) is 17.4. The van der Waals surface area contributed by atoms with Crippen molar-refractivity contribution in [2.75, 3.05) is 6.61 Å². The van der Waals surface area contributed by atoms with Crippen molar-refractivity contribution in [3.8, 4) is 5.69 Å². The van der Waals surface area contributed by atoms with Crippen LogP contribution in [-0.4, -0.2) is 39.4 Å². The van der Waals surface area contributed by atoms with Gasteiger partial charge in [-0.25, -0.2) is 9.67 Å². The van der Waals surface area contributed by atoms with E-state index in [4.69, 9.17) is 4.74 Å². The molecule has 0 unspecified atom stereocenters. The first-order valence-corrected chi connectivity index (χ1v) is 9.02. The number of rotatable bonds is 5. The minimum Gasteiger partial charge on any atom is -0.378 e. The maximum absolute atomic E-state index is 12.8. The molecule has 1 amide bonds. The molecule has 1 heterocycles. The lowest BCUT2D eigenvalue weighted by molar-refractivity contribution is -0.169. The van der Waals surface area contributed by atoms with Gasteiger partial charge < -0.3 is 10.1 Å². The Kier molecular flexibility index (Phi) is 4.07. The van der Waals surface area contributed by atoms with E-state index in [1.807, 2.05) is 32.0 Å². The SMILES string of the molecule is CCO[C@H]1C[C@@H](NC(=O)c2ccc(-n3cncn3)cc2C)C12CCC2. The van der Waals surface area contributed by atoms with Crippen LogP contribution in [0.5, 0.6) is 0 Å². The van der Waals surface area contributed by atoms with Crippen LogP contribution < -0.4 is 5.32 Å². The highest BCUT2D eigenvalue weighted by molar-refractivity contribution is 5.96. The standard InChI is InChI=1S/C19H24N4O2/c1-3-25-17-10-16(19(17)7-4-8-19)22-18(24)15-6-5-14(9-13(15)2)23-12-20-11-21-23/h5-6,9,11-12,16-17H,3-4,7-8,10H2,1-2H3,(H,22,24)/t16-,17+/m1/s1. The summed E-state index contributed by atoms with van der Waals surface area (Å²) in [6, 6.07) is 5.97. The van der Waals surface area contributed by atoms with Crippen molar-refractivity contribution in [1.82, 2.24) is 20.1 Å². The third kappa shape index (κ3) is 2.65. The van der Waals surface area contributed by atoms with E-state index in [1.54, 1.807) is 11.0 Å². The van der Waals surface area contributed by atoms with Crippen LogP contribution in [0.15, 0.2) is 30.9 Å². The smallest absolute Gasteiger partial charge is 0.251 e. The maximum atomic E-state index is 12.8.